The number of benzene rings is 2. The van der Waals surface area contributed by atoms with Gasteiger partial charge >= 0.3 is 5.97 Å². The van der Waals surface area contributed by atoms with Crippen molar-refractivity contribution in [2.75, 3.05) is 50.9 Å². The molecule has 2 heterocycles. The molecule has 2 aliphatic rings. The molecule has 4 rings (SSSR count). The maximum Gasteiger partial charge on any atom is 0.345 e. The van der Waals surface area contributed by atoms with E-state index in [1.807, 2.05) is 0 Å². The quantitative estimate of drug-likeness (QED) is 0.107. The van der Waals surface area contributed by atoms with Gasteiger partial charge in [0.05, 0.1) is 37.1 Å². The summed E-state index contributed by atoms with van der Waals surface area (Å²) in [6, 6.07) is 7.06. The topological polar surface area (TPSA) is 116 Å². The van der Waals surface area contributed by atoms with E-state index in [0.717, 1.165) is 49.8 Å². The Balaban J connectivity index is 1.45. The Morgan fingerprint density at radius 1 is 1.22 bits per heavy atom. The Hall–Kier alpha value is -3.55. The van der Waals surface area contributed by atoms with Crippen LogP contribution in [-0.4, -0.2) is 71.7 Å². The molecule has 244 valence electrons. The highest BCUT2D eigenvalue weighted by molar-refractivity contribution is 8.06. The second-order valence-corrected chi connectivity index (χ2v) is 13.6. The molecule has 0 aliphatic carbocycles. The van der Waals surface area contributed by atoms with Crippen molar-refractivity contribution in [3.63, 3.8) is 0 Å². The fourth-order valence-corrected chi connectivity index (χ4v) is 8.13. The number of rotatable bonds is 14. The van der Waals surface area contributed by atoms with Crippen molar-refractivity contribution in [1.82, 2.24) is 4.90 Å². The van der Waals surface area contributed by atoms with Gasteiger partial charge in [0.1, 0.15) is 10.7 Å². The number of hydrogen-bond donors (Lipinski definition) is 1. The summed E-state index contributed by atoms with van der Waals surface area (Å²) in [7, 11) is -1.40. The second-order valence-electron chi connectivity index (χ2n) is 10.8. The summed E-state index contributed by atoms with van der Waals surface area (Å²) in [6.45, 7) is 11.7. The summed E-state index contributed by atoms with van der Waals surface area (Å²) in [5.74, 6) is 0.492. The minimum Gasteiger partial charge on any atom is -0.493 e. The number of anilines is 1. The molecular weight excluding hydrogens is 621 g/mol. The number of carbonyl (C=O) groups excluding carboxylic acids is 1. The van der Waals surface area contributed by atoms with Crippen LogP contribution in [0.1, 0.15) is 45.1 Å². The average Bonchev–Trinajstić information content (AvgIpc) is 3.52. The maximum absolute atomic E-state index is 15.2. The van der Waals surface area contributed by atoms with E-state index in [4.69, 9.17) is 14.2 Å². The van der Waals surface area contributed by atoms with Crippen LogP contribution >= 0.6 is 11.8 Å². The van der Waals surface area contributed by atoms with E-state index in [0.29, 0.717) is 35.1 Å². The van der Waals surface area contributed by atoms with E-state index >= 15 is 4.39 Å². The van der Waals surface area contributed by atoms with Crippen LogP contribution in [0.15, 0.2) is 51.7 Å². The number of allylic oxidation sites excluding steroid dienone is 1. The molecule has 1 fully saturated rings. The number of thioether (sulfide) groups is 1. The van der Waals surface area contributed by atoms with Gasteiger partial charge in [-0.3, -0.25) is 9.71 Å². The normalized spacial score (nSPS) is 17.4. The summed E-state index contributed by atoms with van der Waals surface area (Å²) in [4.78, 5) is 18.8. The predicted octanol–water partition coefficient (Wildman–Crippen LogP) is 6.37. The van der Waals surface area contributed by atoms with Gasteiger partial charge in [0.2, 0.25) is 0 Å². The van der Waals surface area contributed by atoms with E-state index in [-0.39, 0.29) is 33.4 Å². The van der Waals surface area contributed by atoms with Gasteiger partial charge < -0.3 is 23.8 Å². The number of methoxy groups -OCH3 is 2. The number of likely N-dealkylation sites (tertiary alicyclic amines) is 1. The van der Waals surface area contributed by atoms with Gasteiger partial charge in [-0.05, 0) is 63.3 Å². The molecule has 0 amide bonds. The fourth-order valence-electron chi connectivity index (χ4n) is 5.26. The lowest BCUT2D eigenvalue weighted by atomic mass is 10.0. The first-order valence-corrected chi connectivity index (χ1v) is 17.2. The number of piperidine rings is 1. The molecule has 2 aromatic carbocycles. The van der Waals surface area contributed by atoms with Gasteiger partial charge in [0.25, 0.3) is 10.0 Å². The van der Waals surface area contributed by atoms with E-state index < -0.39 is 21.8 Å². The number of hydrogen-bond acceptors (Lipinski definition) is 10. The Kier molecular flexibility index (Phi) is 11.9. The molecule has 1 atom stereocenters. The summed E-state index contributed by atoms with van der Waals surface area (Å²) < 4.78 is 65.5. The molecule has 0 bridgehead atoms. The number of nitrogens with zero attached hydrogens (tertiary/aromatic N) is 2. The van der Waals surface area contributed by atoms with Crippen molar-refractivity contribution in [2.45, 2.75) is 39.5 Å². The summed E-state index contributed by atoms with van der Waals surface area (Å²) in [6.07, 6.45) is 5.15. The van der Waals surface area contributed by atoms with Gasteiger partial charge in [-0.2, -0.15) is 0 Å². The maximum atomic E-state index is 15.2. The summed E-state index contributed by atoms with van der Waals surface area (Å²) in [5, 5.41) is 0. The smallest absolute Gasteiger partial charge is 0.345 e. The van der Waals surface area contributed by atoms with Crippen LogP contribution < -0.4 is 18.9 Å². The third kappa shape index (κ3) is 8.80. The molecule has 2 aliphatic heterocycles. The van der Waals surface area contributed by atoms with E-state index in [2.05, 4.69) is 32.9 Å². The van der Waals surface area contributed by atoms with Crippen molar-refractivity contribution in [1.29, 1.82) is 0 Å². The van der Waals surface area contributed by atoms with Gasteiger partial charge in [-0.25, -0.2) is 17.6 Å². The van der Waals surface area contributed by atoms with Crippen LogP contribution in [0, 0.1) is 11.7 Å². The molecule has 1 saturated heterocycles. The zero-order valence-corrected chi connectivity index (χ0v) is 27.7. The highest BCUT2D eigenvalue weighted by Crippen LogP contribution is 2.40. The van der Waals surface area contributed by atoms with Crippen molar-refractivity contribution < 1.29 is 36.6 Å². The van der Waals surface area contributed by atoms with Crippen molar-refractivity contribution >= 4 is 51.1 Å². The Morgan fingerprint density at radius 2 is 2.02 bits per heavy atom. The van der Waals surface area contributed by atoms with Crippen LogP contribution in [0.25, 0.3) is 5.76 Å². The second kappa shape index (κ2) is 15.6. The molecule has 1 N–H and O–H groups in total. The Morgan fingerprint density at radius 3 is 2.71 bits per heavy atom. The van der Waals surface area contributed by atoms with Gasteiger partial charge in [-0.1, -0.05) is 13.5 Å². The number of aliphatic imine (C=N–C) groups is 1. The van der Waals surface area contributed by atoms with Crippen LogP contribution in [-0.2, 0) is 19.6 Å². The SMILES string of the molecule is C=C(Oc1ccc(NS(=O)(=O)C2=C(C(=O)OC)SCC2)cc1F)c1cc(OC)c(OCCCN2CCCC(C)C2)cc1N=CC. The standard InChI is InChI=1S/C32H40FN3O7S2/c1-6-34-26-19-29(42-15-8-14-36-13-7-9-21(2)20-36)28(40-4)18-24(26)22(3)43-27-11-10-23(17-25(27)33)35-45(38,39)30-12-16-44-31(30)32(37)41-5/h6,10-11,17-19,21,35H,3,7-9,12-16,20H2,1-2,4-5H3. The van der Waals surface area contributed by atoms with Gasteiger partial charge in [-0.15, -0.1) is 11.8 Å². The third-order valence-corrected chi connectivity index (χ3v) is 10.2. The minimum absolute atomic E-state index is 0.0197. The Labute approximate surface area is 268 Å². The average molecular weight is 662 g/mol. The number of carbonyl (C=O) groups is 1. The molecule has 45 heavy (non-hydrogen) atoms. The number of ether oxygens (including phenoxy) is 4. The zero-order valence-electron chi connectivity index (χ0n) is 26.1. The molecular formula is C32H40FN3O7S2. The molecule has 0 saturated carbocycles. The van der Waals surface area contributed by atoms with Crippen LogP contribution in [0.4, 0.5) is 15.8 Å². The highest BCUT2D eigenvalue weighted by Gasteiger charge is 2.31. The lowest BCUT2D eigenvalue weighted by Gasteiger charge is -2.30. The van der Waals surface area contributed by atoms with Gasteiger partial charge in [0.15, 0.2) is 23.1 Å². The van der Waals surface area contributed by atoms with Crippen molar-refractivity contribution in [3.05, 3.63) is 58.1 Å². The first-order valence-electron chi connectivity index (χ1n) is 14.8. The van der Waals surface area contributed by atoms with Gasteiger partial charge in [0, 0.05) is 42.8 Å². The molecule has 1 unspecified atom stereocenters. The lowest BCUT2D eigenvalue weighted by Crippen LogP contribution is -2.35. The molecule has 0 spiro atoms. The van der Waals surface area contributed by atoms with Crippen LogP contribution in [0.3, 0.4) is 0 Å². The molecule has 0 radical (unpaired) electrons. The number of halogens is 1. The van der Waals surface area contributed by atoms with Crippen LogP contribution in [0.2, 0.25) is 0 Å². The summed E-state index contributed by atoms with van der Waals surface area (Å²) in [5.41, 5.74) is 0.926. The van der Waals surface area contributed by atoms with E-state index in [1.54, 1.807) is 25.3 Å². The number of esters is 1. The highest BCUT2D eigenvalue weighted by atomic mass is 32.2. The van der Waals surface area contributed by atoms with Crippen LogP contribution in [0.5, 0.6) is 17.2 Å². The molecule has 10 nitrogen and oxygen atoms in total. The molecule has 13 heteroatoms. The summed E-state index contributed by atoms with van der Waals surface area (Å²) >= 11 is 1.10. The zero-order chi connectivity index (χ0) is 32.6. The monoisotopic (exact) mass is 661 g/mol. The van der Waals surface area contributed by atoms with E-state index in [1.165, 1.54) is 39.2 Å². The largest absolute Gasteiger partial charge is 0.493 e. The Bertz CT molecular complexity index is 1580. The molecule has 2 aromatic rings. The molecule has 0 aromatic heterocycles. The first kappa shape index (κ1) is 34.3. The van der Waals surface area contributed by atoms with E-state index in [9.17, 15) is 13.2 Å². The first-order chi connectivity index (χ1) is 21.6. The third-order valence-electron chi connectivity index (χ3n) is 7.41. The lowest BCUT2D eigenvalue weighted by molar-refractivity contribution is -0.135. The van der Waals surface area contributed by atoms with Crippen molar-refractivity contribution in [2.24, 2.45) is 10.9 Å². The fraction of sp³-hybridized carbons (Fsp3) is 0.438. The number of sulfonamides is 1. The predicted molar refractivity (Wildman–Crippen MR) is 176 cm³/mol. The minimum atomic E-state index is -4.11. The number of nitrogens with one attached hydrogen (secondary N) is 1. The van der Waals surface area contributed by atoms with Crippen molar-refractivity contribution in [3.8, 4) is 17.2 Å².